The van der Waals surface area contributed by atoms with E-state index in [-0.39, 0.29) is 11.5 Å². The number of ketones is 1. The second-order valence-electron chi connectivity index (χ2n) is 6.50. The third-order valence-corrected chi connectivity index (χ3v) is 6.50. The smallest absolute Gasteiger partial charge is 0.164 e. The summed E-state index contributed by atoms with van der Waals surface area (Å²) in [4.78, 5) is 11.9. The number of aromatic nitrogens is 1. The molecule has 5 heteroatoms. The van der Waals surface area contributed by atoms with E-state index >= 15 is 0 Å². The maximum Gasteiger partial charge on any atom is 0.164 e. The van der Waals surface area contributed by atoms with Crippen LogP contribution >= 0.6 is 0 Å². The van der Waals surface area contributed by atoms with Crippen LogP contribution in [0.4, 0.5) is 0 Å². The average Bonchev–Trinajstić information content (AvgIpc) is 2.67. The molecule has 0 saturated carbocycles. The lowest BCUT2D eigenvalue weighted by Gasteiger charge is -2.19. The van der Waals surface area contributed by atoms with Crippen molar-refractivity contribution in [3.05, 3.63) is 23.5 Å². The van der Waals surface area contributed by atoms with Crippen molar-refractivity contribution in [2.75, 3.05) is 5.75 Å². The Morgan fingerprint density at radius 3 is 2.45 bits per heavy atom. The highest BCUT2D eigenvalue weighted by Gasteiger charge is 2.28. The van der Waals surface area contributed by atoms with Crippen molar-refractivity contribution in [1.82, 2.24) is 4.57 Å². The fraction of sp³-hybridized carbons (Fsp3) is 0.667. The molecule has 4 nitrogen and oxygen atoms in total. The number of aryl methyl sites for hydroxylation is 2. The predicted molar refractivity (Wildman–Crippen MR) is 79.9 cm³/mol. The Kier molecular flexibility index (Phi) is 4.09. The van der Waals surface area contributed by atoms with Crippen LogP contribution in [0.2, 0.25) is 0 Å². The molecule has 0 aliphatic heterocycles. The molecule has 1 heterocycles. The van der Waals surface area contributed by atoms with E-state index in [9.17, 15) is 13.2 Å². The molecule has 1 aliphatic rings. The third kappa shape index (κ3) is 3.14. The fourth-order valence-corrected chi connectivity index (χ4v) is 3.47. The van der Waals surface area contributed by atoms with E-state index in [0.717, 1.165) is 30.4 Å². The molecule has 20 heavy (non-hydrogen) atoms. The average molecular weight is 297 g/mol. The molecular formula is C15H23NO3S. The highest BCUT2D eigenvalue weighted by Crippen LogP contribution is 2.22. The van der Waals surface area contributed by atoms with Gasteiger partial charge in [-0.05, 0) is 45.6 Å². The number of sulfone groups is 1. The molecule has 0 aromatic carbocycles. The van der Waals surface area contributed by atoms with Crippen LogP contribution in [0.1, 0.15) is 56.0 Å². The van der Waals surface area contributed by atoms with E-state index in [1.165, 1.54) is 0 Å². The molecule has 0 atom stereocenters. The van der Waals surface area contributed by atoms with Crippen molar-refractivity contribution >= 4 is 15.6 Å². The third-order valence-electron chi connectivity index (χ3n) is 3.91. The van der Waals surface area contributed by atoms with Crippen LogP contribution in [0.25, 0.3) is 0 Å². The number of rotatable bonds is 3. The number of nitrogens with zero attached hydrogens (tertiary/aromatic N) is 1. The van der Waals surface area contributed by atoms with Crippen LogP contribution in [0, 0.1) is 0 Å². The van der Waals surface area contributed by atoms with Crippen LogP contribution in [0.5, 0.6) is 0 Å². The first-order valence-electron chi connectivity index (χ1n) is 7.15. The van der Waals surface area contributed by atoms with Gasteiger partial charge in [0.15, 0.2) is 15.6 Å². The van der Waals surface area contributed by atoms with Crippen LogP contribution in [0.15, 0.2) is 12.4 Å². The van der Waals surface area contributed by atoms with Crippen LogP contribution in [0.3, 0.4) is 0 Å². The first-order chi connectivity index (χ1) is 9.21. The SMILES string of the molecule is CC(C)(C)S(=O)(=O)CCn1cc2c(c1)C(=O)CCCC2. The molecule has 0 N–H and O–H groups in total. The normalized spacial score (nSPS) is 16.9. The van der Waals surface area contributed by atoms with E-state index in [1.54, 1.807) is 20.8 Å². The lowest BCUT2D eigenvalue weighted by atomic mass is 10.1. The van der Waals surface area contributed by atoms with Gasteiger partial charge in [0.2, 0.25) is 0 Å². The molecule has 2 rings (SSSR count). The summed E-state index contributed by atoms with van der Waals surface area (Å²) in [6, 6.07) is 0. The zero-order valence-electron chi connectivity index (χ0n) is 12.5. The van der Waals surface area contributed by atoms with Gasteiger partial charge >= 0.3 is 0 Å². The standard InChI is InChI=1S/C15H23NO3S/c1-15(2,3)20(18,19)9-8-16-10-12-6-4-5-7-14(17)13(12)11-16/h10-11H,4-9H2,1-3H3. The Hall–Kier alpha value is -1.10. The van der Waals surface area contributed by atoms with Gasteiger partial charge in [-0.2, -0.15) is 0 Å². The minimum Gasteiger partial charge on any atom is -0.352 e. The highest BCUT2D eigenvalue weighted by molar-refractivity contribution is 7.92. The molecular weight excluding hydrogens is 274 g/mol. The second-order valence-corrected chi connectivity index (χ2v) is 9.36. The van der Waals surface area contributed by atoms with Crippen molar-refractivity contribution in [1.29, 1.82) is 0 Å². The molecule has 0 radical (unpaired) electrons. The number of fused-ring (bicyclic) bond motifs is 1. The summed E-state index contributed by atoms with van der Waals surface area (Å²) in [5.74, 6) is 0.299. The highest BCUT2D eigenvalue weighted by atomic mass is 32.2. The van der Waals surface area contributed by atoms with Gasteiger partial charge < -0.3 is 4.57 Å². The zero-order chi connectivity index (χ0) is 15.0. The molecule has 1 aliphatic carbocycles. The molecule has 0 spiro atoms. The summed E-state index contributed by atoms with van der Waals surface area (Å²) in [5.41, 5.74) is 1.86. The monoisotopic (exact) mass is 297 g/mol. The van der Waals surface area contributed by atoms with Crippen LogP contribution in [-0.2, 0) is 22.8 Å². The number of carbonyl (C=O) groups is 1. The number of carbonyl (C=O) groups excluding carboxylic acids is 1. The van der Waals surface area contributed by atoms with E-state index < -0.39 is 14.6 Å². The van der Waals surface area contributed by atoms with Gasteiger partial charge in [0, 0.05) is 30.9 Å². The fourth-order valence-electron chi connectivity index (χ4n) is 2.40. The van der Waals surface area contributed by atoms with Crippen molar-refractivity contribution in [3.8, 4) is 0 Å². The van der Waals surface area contributed by atoms with Gasteiger partial charge in [-0.15, -0.1) is 0 Å². The number of hydrogen-bond donors (Lipinski definition) is 0. The topological polar surface area (TPSA) is 56.1 Å². The lowest BCUT2D eigenvalue weighted by Crippen LogP contribution is -2.31. The Balaban J connectivity index is 2.13. The van der Waals surface area contributed by atoms with E-state index in [0.29, 0.717) is 13.0 Å². The van der Waals surface area contributed by atoms with E-state index in [4.69, 9.17) is 0 Å². The Morgan fingerprint density at radius 2 is 1.80 bits per heavy atom. The quantitative estimate of drug-likeness (QED) is 0.806. The largest absolute Gasteiger partial charge is 0.352 e. The number of hydrogen-bond acceptors (Lipinski definition) is 3. The van der Waals surface area contributed by atoms with Gasteiger partial charge in [-0.1, -0.05) is 0 Å². The second kappa shape index (κ2) is 5.35. The number of Topliss-reactive ketones (excluding diaryl/α,β-unsaturated/α-hetero) is 1. The molecule has 1 aromatic rings. The van der Waals surface area contributed by atoms with Crippen molar-refractivity contribution in [2.24, 2.45) is 0 Å². The van der Waals surface area contributed by atoms with Gasteiger partial charge in [-0.25, -0.2) is 8.42 Å². The molecule has 0 bridgehead atoms. The lowest BCUT2D eigenvalue weighted by molar-refractivity contribution is 0.0982. The Morgan fingerprint density at radius 1 is 1.15 bits per heavy atom. The minimum absolute atomic E-state index is 0.109. The molecule has 0 amide bonds. The van der Waals surface area contributed by atoms with Gasteiger partial charge in [0.05, 0.1) is 10.5 Å². The van der Waals surface area contributed by atoms with E-state index in [1.807, 2.05) is 17.0 Å². The van der Waals surface area contributed by atoms with Crippen molar-refractivity contribution < 1.29 is 13.2 Å². The van der Waals surface area contributed by atoms with Gasteiger partial charge in [0.1, 0.15) is 0 Å². The maximum atomic E-state index is 12.1. The predicted octanol–water partition coefficient (Wildman–Crippen LogP) is 2.61. The summed E-state index contributed by atoms with van der Waals surface area (Å²) >= 11 is 0. The first kappa shape index (κ1) is 15.3. The van der Waals surface area contributed by atoms with Crippen molar-refractivity contribution in [3.63, 3.8) is 0 Å². The molecule has 1 aromatic heterocycles. The summed E-state index contributed by atoms with van der Waals surface area (Å²) in [7, 11) is -3.12. The van der Waals surface area contributed by atoms with E-state index in [2.05, 4.69) is 0 Å². The summed E-state index contributed by atoms with van der Waals surface area (Å²) in [6.07, 6.45) is 7.27. The summed E-state index contributed by atoms with van der Waals surface area (Å²) in [6.45, 7) is 5.57. The van der Waals surface area contributed by atoms with Crippen molar-refractivity contribution in [2.45, 2.75) is 57.7 Å². The Labute approximate surface area is 121 Å². The molecule has 0 fully saturated rings. The molecule has 0 unspecified atom stereocenters. The molecule has 112 valence electrons. The minimum atomic E-state index is -3.12. The van der Waals surface area contributed by atoms with Crippen LogP contribution in [-0.4, -0.2) is 29.3 Å². The maximum absolute atomic E-state index is 12.1. The summed E-state index contributed by atoms with van der Waals surface area (Å²) in [5, 5.41) is 0. The first-order valence-corrected chi connectivity index (χ1v) is 8.80. The van der Waals surface area contributed by atoms with Crippen LogP contribution < -0.4 is 0 Å². The van der Waals surface area contributed by atoms with Gasteiger partial charge in [-0.3, -0.25) is 4.79 Å². The summed E-state index contributed by atoms with van der Waals surface area (Å²) < 4.78 is 25.3. The zero-order valence-corrected chi connectivity index (χ0v) is 13.3. The van der Waals surface area contributed by atoms with Gasteiger partial charge in [0.25, 0.3) is 0 Å². The molecule has 0 saturated heterocycles. The Bertz CT molecular complexity index is 606.